The van der Waals surface area contributed by atoms with Gasteiger partial charge in [-0.15, -0.1) is 0 Å². The van der Waals surface area contributed by atoms with Crippen molar-refractivity contribution in [3.63, 3.8) is 0 Å². The second-order valence-electron chi connectivity index (χ2n) is 3.66. The summed E-state index contributed by atoms with van der Waals surface area (Å²) < 4.78 is 0.741. The van der Waals surface area contributed by atoms with Gasteiger partial charge in [-0.1, -0.05) is 24.9 Å². The van der Waals surface area contributed by atoms with E-state index < -0.39 is 0 Å². The van der Waals surface area contributed by atoms with Crippen LogP contribution in [-0.4, -0.2) is 16.9 Å². The number of halogens is 2. The van der Waals surface area contributed by atoms with Gasteiger partial charge in [-0.05, 0) is 35.3 Å². The van der Waals surface area contributed by atoms with Crippen molar-refractivity contribution in [2.75, 3.05) is 0 Å². The standard InChI is InChI=1S/C11H14BrClN2O/c1-3-4-7(2)15-11(16)9-5-8(12)6-14-10(9)13/h5-7H,3-4H2,1-2H3,(H,15,16). The second-order valence-corrected chi connectivity index (χ2v) is 4.93. The fourth-order valence-electron chi connectivity index (χ4n) is 1.39. The molecule has 1 N–H and O–H groups in total. The summed E-state index contributed by atoms with van der Waals surface area (Å²) in [6.45, 7) is 4.05. The Morgan fingerprint density at radius 1 is 1.69 bits per heavy atom. The lowest BCUT2D eigenvalue weighted by Crippen LogP contribution is -2.32. The van der Waals surface area contributed by atoms with Gasteiger partial charge in [0.15, 0.2) is 0 Å². The average Bonchev–Trinajstić information content (AvgIpc) is 2.21. The molecule has 0 aliphatic carbocycles. The van der Waals surface area contributed by atoms with Gasteiger partial charge in [0.25, 0.3) is 5.91 Å². The first kappa shape index (κ1) is 13.5. The van der Waals surface area contributed by atoms with Crippen molar-refractivity contribution in [2.24, 2.45) is 0 Å². The normalized spacial score (nSPS) is 12.2. The predicted octanol–water partition coefficient (Wildman–Crippen LogP) is 3.42. The number of aromatic nitrogens is 1. The van der Waals surface area contributed by atoms with E-state index in [0.717, 1.165) is 17.3 Å². The maximum atomic E-state index is 11.8. The van der Waals surface area contributed by atoms with Gasteiger partial charge < -0.3 is 5.32 Å². The fourth-order valence-corrected chi connectivity index (χ4v) is 1.91. The summed E-state index contributed by atoms with van der Waals surface area (Å²) in [7, 11) is 0. The number of pyridine rings is 1. The Labute approximate surface area is 109 Å². The minimum absolute atomic E-state index is 0.146. The molecule has 1 rings (SSSR count). The summed E-state index contributed by atoms with van der Waals surface area (Å²) in [6.07, 6.45) is 3.55. The predicted molar refractivity (Wildman–Crippen MR) is 68.8 cm³/mol. The molecule has 1 aromatic heterocycles. The average molecular weight is 306 g/mol. The number of nitrogens with one attached hydrogen (secondary N) is 1. The van der Waals surface area contributed by atoms with Crippen LogP contribution < -0.4 is 5.32 Å². The highest BCUT2D eigenvalue weighted by Gasteiger charge is 2.13. The first-order valence-electron chi connectivity index (χ1n) is 5.16. The van der Waals surface area contributed by atoms with Crippen molar-refractivity contribution in [2.45, 2.75) is 32.7 Å². The maximum Gasteiger partial charge on any atom is 0.254 e. The van der Waals surface area contributed by atoms with E-state index in [1.807, 2.05) is 6.92 Å². The molecule has 0 saturated heterocycles. The molecule has 0 aliphatic rings. The lowest BCUT2D eigenvalue weighted by Gasteiger charge is -2.13. The molecule has 3 nitrogen and oxygen atoms in total. The van der Waals surface area contributed by atoms with E-state index in [9.17, 15) is 4.79 Å². The molecule has 5 heteroatoms. The Hall–Kier alpha value is -0.610. The molecule has 0 aliphatic heterocycles. The van der Waals surface area contributed by atoms with Crippen molar-refractivity contribution in [3.05, 3.63) is 27.5 Å². The summed E-state index contributed by atoms with van der Waals surface area (Å²) in [5.41, 5.74) is 0.402. The van der Waals surface area contributed by atoms with Crippen molar-refractivity contribution < 1.29 is 4.79 Å². The monoisotopic (exact) mass is 304 g/mol. The first-order chi connectivity index (χ1) is 7.54. The van der Waals surface area contributed by atoms with Crippen LogP contribution >= 0.6 is 27.5 Å². The Morgan fingerprint density at radius 3 is 3.00 bits per heavy atom. The molecular formula is C11H14BrClN2O. The third kappa shape index (κ3) is 3.76. The summed E-state index contributed by atoms with van der Waals surface area (Å²) in [4.78, 5) is 15.8. The van der Waals surface area contributed by atoms with Crippen LogP contribution in [0.15, 0.2) is 16.7 Å². The van der Waals surface area contributed by atoms with Crippen molar-refractivity contribution in [3.8, 4) is 0 Å². The first-order valence-corrected chi connectivity index (χ1v) is 6.33. The van der Waals surface area contributed by atoms with E-state index in [1.165, 1.54) is 0 Å². The van der Waals surface area contributed by atoms with Gasteiger partial charge in [0.05, 0.1) is 5.56 Å². The van der Waals surface area contributed by atoms with E-state index in [1.54, 1.807) is 12.3 Å². The quantitative estimate of drug-likeness (QED) is 0.866. The Morgan fingerprint density at radius 2 is 2.38 bits per heavy atom. The van der Waals surface area contributed by atoms with E-state index >= 15 is 0 Å². The van der Waals surface area contributed by atoms with Crippen LogP contribution in [0.5, 0.6) is 0 Å². The molecule has 1 unspecified atom stereocenters. The number of amides is 1. The highest BCUT2D eigenvalue weighted by Crippen LogP contribution is 2.18. The third-order valence-corrected chi connectivity index (χ3v) is 2.88. The van der Waals surface area contributed by atoms with Gasteiger partial charge in [-0.3, -0.25) is 4.79 Å². The molecule has 1 atom stereocenters. The number of carbonyl (C=O) groups excluding carboxylic acids is 1. The van der Waals surface area contributed by atoms with Gasteiger partial charge in [-0.2, -0.15) is 0 Å². The molecule has 1 aromatic rings. The molecule has 0 fully saturated rings. The van der Waals surface area contributed by atoms with Crippen LogP contribution in [0.25, 0.3) is 0 Å². The second kappa shape index (κ2) is 6.21. The van der Waals surface area contributed by atoms with Gasteiger partial charge in [-0.25, -0.2) is 4.98 Å². The van der Waals surface area contributed by atoms with Crippen LogP contribution in [0.1, 0.15) is 37.0 Å². The van der Waals surface area contributed by atoms with Crippen molar-refractivity contribution in [1.82, 2.24) is 10.3 Å². The minimum atomic E-state index is -0.181. The Bertz CT molecular complexity index is 384. The molecule has 0 bridgehead atoms. The van der Waals surface area contributed by atoms with E-state index in [2.05, 4.69) is 33.2 Å². The summed E-state index contributed by atoms with van der Waals surface area (Å²) in [5, 5.41) is 3.11. The zero-order valence-electron chi connectivity index (χ0n) is 9.26. The molecular weight excluding hydrogens is 291 g/mol. The van der Waals surface area contributed by atoms with Crippen molar-refractivity contribution in [1.29, 1.82) is 0 Å². The van der Waals surface area contributed by atoms with Crippen molar-refractivity contribution >= 4 is 33.4 Å². The largest absolute Gasteiger partial charge is 0.349 e. The molecule has 16 heavy (non-hydrogen) atoms. The highest BCUT2D eigenvalue weighted by molar-refractivity contribution is 9.10. The minimum Gasteiger partial charge on any atom is -0.349 e. The number of hydrogen-bond acceptors (Lipinski definition) is 2. The molecule has 88 valence electrons. The van der Waals surface area contributed by atoms with Gasteiger partial charge >= 0.3 is 0 Å². The van der Waals surface area contributed by atoms with Gasteiger partial charge in [0.2, 0.25) is 0 Å². The summed E-state index contributed by atoms with van der Waals surface area (Å²) >= 11 is 9.12. The lowest BCUT2D eigenvalue weighted by molar-refractivity contribution is 0.0938. The van der Waals surface area contributed by atoms with Crippen LogP contribution in [0.2, 0.25) is 5.15 Å². The molecule has 0 aromatic carbocycles. The molecule has 0 radical (unpaired) electrons. The SMILES string of the molecule is CCCC(C)NC(=O)c1cc(Br)cnc1Cl. The molecule has 0 spiro atoms. The smallest absolute Gasteiger partial charge is 0.254 e. The van der Waals surface area contributed by atoms with Gasteiger partial charge in [0, 0.05) is 16.7 Å². The fraction of sp³-hybridized carbons (Fsp3) is 0.455. The summed E-state index contributed by atoms with van der Waals surface area (Å²) in [5.74, 6) is -0.181. The summed E-state index contributed by atoms with van der Waals surface area (Å²) in [6, 6.07) is 1.82. The van der Waals surface area contributed by atoms with Crippen LogP contribution in [0.4, 0.5) is 0 Å². The number of hydrogen-bond donors (Lipinski definition) is 1. The molecule has 1 amide bonds. The van der Waals surface area contributed by atoms with Crippen LogP contribution in [-0.2, 0) is 0 Å². The zero-order chi connectivity index (χ0) is 12.1. The number of nitrogens with zero attached hydrogens (tertiary/aromatic N) is 1. The topological polar surface area (TPSA) is 42.0 Å². The van der Waals surface area contributed by atoms with E-state index in [-0.39, 0.29) is 17.1 Å². The highest BCUT2D eigenvalue weighted by atomic mass is 79.9. The Balaban J connectivity index is 2.76. The lowest BCUT2D eigenvalue weighted by atomic mass is 10.2. The zero-order valence-corrected chi connectivity index (χ0v) is 11.6. The van der Waals surface area contributed by atoms with Crippen LogP contribution in [0, 0.1) is 0 Å². The molecule has 0 saturated carbocycles. The molecule has 1 heterocycles. The maximum absolute atomic E-state index is 11.8. The Kier molecular flexibility index (Phi) is 5.22. The van der Waals surface area contributed by atoms with E-state index in [4.69, 9.17) is 11.6 Å². The van der Waals surface area contributed by atoms with Gasteiger partial charge in [0.1, 0.15) is 5.15 Å². The number of carbonyl (C=O) groups is 1. The van der Waals surface area contributed by atoms with Crippen LogP contribution in [0.3, 0.4) is 0 Å². The third-order valence-electron chi connectivity index (χ3n) is 2.15. The number of rotatable bonds is 4. The van der Waals surface area contributed by atoms with E-state index in [0.29, 0.717) is 5.56 Å².